The highest BCUT2D eigenvalue weighted by atomic mass is 16.5. The quantitative estimate of drug-likeness (QED) is 0.625. The lowest BCUT2D eigenvalue weighted by atomic mass is 10.2. The Morgan fingerprint density at radius 1 is 0.864 bits per heavy atom. The first-order chi connectivity index (χ1) is 10.7. The summed E-state index contributed by atoms with van der Waals surface area (Å²) in [5.74, 6) is -0.884. The molecule has 4 heteroatoms. The lowest BCUT2D eigenvalue weighted by molar-refractivity contribution is 0.0420. The molecule has 2 aromatic carbocycles. The van der Waals surface area contributed by atoms with Crippen LogP contribution in [0.5, 0.6) is 0 Å². The monoisotopic (exact) mass is 296 g/mol. The number of benzene rings is 2. The van der Waals surface area contributed by atoms with Gasteiger partial charge in [-0.1, -0.05) is 36.4 Å². The average Bonchev–Trinajstić information content (AvgIpc) is 2.56. The summed E-state index contributed by atoms with van der Waals surface area (Å²) in [5, 5.41) is 0. The second-order valence-electron chi connectivity index (χ2n) is 4.58. The van der Waals surface area contributed by atoms with Crippen LogP contribution in [0.2, 0.25) is 0 Å². The Kier molecular flexibility index (Phi) is 5.49. The van der Waals surface area contributed by atoms with Crippen molar-refractivity contribution in [2.75, 3.05) is 0 Å². The van der Waals surface area contributed by atoms with Crippen molar-refractivity contribution in [3.8, 4) is 0 Å². The van der Waals surface area contributed by atoms with Crippen LogP contribution < -0.4 is 0 Å². The summed E-state index contributed by atoms with van der Waals surface area (Å²) < 4.78 is 10.2. The van der Waals surface area contributed by atoms with Crippen LogP contribution in [0.4, 0.5) is 0 Å². The van der Waals surface area contributed by atoms with Crippen LogP contribution in [-0.2, 0) is 9.47 Å². The normalized spacial score (nSPS) is 11.9. The van der Waals surface area contributed by atoms with E-state index in [0.717, 1.165) is 0 Å². The van der Waals surface area contributed by atoms with E-state index >= 15 is 0 Å². The highest BCUT2D eigenvalue weighted by molar-refractivity contribution is 5.90. The third-order valence-corrected chi connectivity index (χ3v) is 2.84. The topological polar surface area (TPSA) is 52.6 Å². The van der Waals surface area contributed by atoms with Crippen LogP contribution in [0, 0.1) is 0 Å². The van der Waals surface area contributed by atoms with Crippen LogP contribution in [0.15, 0.2) is 73.0 Å². The van der Waals surface area contributed by atoms with Gasteiger partial charge in [0.05, 0.1) is 17.4 Å². The van der Waals surface area contributed by atoms with Gasteiger partial charge in [0.2, 0.25) is 0 Å². The number of hydrogen-bond donors (Lipinski definition) is 0. The number of carbonyl (C=O) groups excluding carboxylic acids is 2. The van der Waals surface area contributed by atoms with Gasteiger partial charge in [-0.15, -0.1) is 0 Å². The molecule has 0 radical (unpaired) electrons. The van der Waals surface area contributed by atoms with Crippen LogP contribution in [0.25, 0.3) is 0 Å². The summed E-state index contributed by atoms with van der Waals surface area (Å²) >= 11 is 0. The van der Waals surface area contributed by atoms with Crippen LogP contribution in [0.1, 0.15) is 27.6 Å². The Hall–Kier alpha value is -2.88. The third-order valence-electron chi connectivity index (χ3n) is 2.84. The lowest BCUT2D eigenvalue weighted by Gasteiger charge is -2.08. The molecule has 0 bridgehead atoms. The molecule has 1 unspecified atom stereocenters. The molecule has 4 nitrogen and oxygen atoms in total. The van der Waals surface area contributed by atoms with Crippen LogP contribution in [0.3, 0.4) is 0 Å². The molecule has 0 saturated heterocycles. The molecule has 2 rings (SSSR count). The van der Waals surface area contributed by atoms with Crippen molar-refractivity contribution in [3.63, 3.8) is 0 Å². The highest BCUT2D eigenvalue weighted by Crippen LogP contribution is 2.05. The Bertz CT molecular complexity index is 647. The molecule has 0 amide bonds. The van der Waals surface area contributed by atoms with E-state index in [0.29, 0.717) is 11.1 Å². The molecule has 2 aromatic rings. The second kappa shape index (κ2) is 7.78. The third kappa shape index (κ3) is 4.59. The summed E-state index contributed by atoms with van der Waals surface area (Å²) in [7, 11) is 0. The van der Waals surface area contributed by atoms with E-state index in [1.165, 1.54) is 12.3 Å². The van der Waals surface area contributed by atoms with Gasteiger partial charge in [-0.3, -0.25) is 0 Å². The molecular formula is C18H16O4. The Balaban J connectivity index is 1.83. The van der Waals surface area contributed by atoms with Gasteiger partial charge in [-0.25, -0.2) is 9.59 Å². The minimum atomic E-state index is -0.503. The van der Waals surface area contributed by atoms with E-state index < -0.39 is 18.0 Å². The van der Waals surface area contributed by atoms with E-state index in [9.17, 15) is 9.59 Å². The number of carbonyl (C=O) groups is 2. The Morgan fingerprint density at radius 2 is 1.36 bits per heavy atom. The molecule has 0 spiro atoms. The molecule has 0 heterocycles. The fraction of sp³-hybridized carbons (Fsp3) is 0.111. The van der Waals surface area contributed by atoms with E-state index in [1.54, 1.807) is 55.5 Å². The predicted octanol–water partition coefficient (Wildman–Crippen LogP) is 3.60. The van der Waals surface area contributed by atoms with Crippen molar-refractivity contribution in [1.29, 1.82) is 0 Å². The summed E-state index contributed by atoms with van der Waals surface area (Å²) in [6.07, 6.45) is 2.23. The van der Waals surface area contributed by atoms with E-state index in [1.807, 2.05) is 12.1 Å². The molecule has 0 aliphatic rings. The average molecular weight is 296 g/mol. The molecule has 1 atom stereocenters. The molecule has 0 fully saturated rings. The van der Waals surface area contributed by atoms with Crippen LogP contribution in [-0.4, -0.2) is 18.0 Å². The maximum absolute atomic E-state index is 11.8. The van der Waals surface area contributed by atoms with Crippen molar-refractivity contribution in [3.05, 3.63) is 84.1 Å². The van der Waals surface area contributed by atoms with Gasteiger partial charge in [-0.05, 0) is 37.3 Å². The molecule has 0 N–H and O–H groups in total. The van der Waals surface area contributed by atoms with Gasteiger partial charge in [0, 0.05) is 0 Å². The number of ether oxygens (including phenoxy) is 2. The molecule has 0 aromatic heterocycles. The minimum Gasteiger partial charge on any atom is -0.455 e. The fourth-order valence-corrected chi connectivity index (χ4v) is 1.70. The summed E-state index contributed by atoms with van der Waals surface area (Å²) in [5.41, 5.74) is 0.935. The van der Waals surface area contributed by atoms with E-state index in [4.69, 9.17) is 9.47 Å². The van der Waals surface area contributed by atoms with Gasteiger partial charge >= 0.3 is 11.9 Å². The highest BCUT2D eigenvalue weighted by Gasteiger charge is 2.09. The molecule has 112 valence electrons. The van der Waals surface area contributed by atoms with Gasteiger partial charge < -0.3 is 9.47 Å². The van der Waals surface area contributed by atoms with Crippen molar-refractivity contribution < 1.29 is 19.1 Å². The van der Waals surface area contributed by atoms with Gasteiger partial charge in [0.15, 0.2) is 0 Å². The van der Waals surface area contributed by atoms with Crippen molar-refractivity contribution in [2.45, 2.75) is 13.0 Å². The zero-order valence-electron chi connectivity index (χ0n) is 12.1. The van der Waals surface area contributed by atoms with Crippen molar-refractivity contribution in [2.24, 2.45) is 0 Å². The first-order valence-electron chi connectivity index (χ1n) is 6.85. The second-order valence-corrected chi connectivity index (χ2v) is 4.58. The number of hydrogen-bond acceptors (Lipinski definition) is 4. The molecule has 0 aliphatic heterocycles. The lowest BCUT2D eigenvalue weighted by Crippen LogP contribution is -2.13. The first-order valence-corrected chi connectivity index (χ1v) is 6.85. The first kappa shape index (κ1) is 15.5. The van der Waals surface area contributed by atoms with Crippen molar-refractivity contribution >= 4 is 11.9 Å². The minimum absolute atomic E-state index is 0.424. The van der Waals surface area contributed by atoms with E-state index in [-0.39, 0.29) is 0 Å². The van der Waals surface area contributed by atoms with Crippen LogP contribution >= 0.6 is 0 Å². The number of esters is 2. The summed E-state index contributed by atoms with van der Waals surface area (Å²) in [6, 6.07) is 17.3. The predicted molar refractivity (Wildman–Crippen MR) is 82.3 cm³/mol. The summed E-state index contributed by atoms with van der Waals surface area (Å²) in [4.78, 5) is 23.5. The molecule has 22 heavy (non-hydrogen) atoms. The SMILES string of the molecule is CC(C=COC(=O)c1ccccc1)OC(=O)c1ccccc1. The summed E-state index contributed by atoms with van der Waals surface area (Å²) in [6.45, 7) is 1.69. The zero-order valence-corrected chi connectivity index (χ0v) is 12.1. The Labute approximate surface area is 129 Å². The molecule has 0 aliphatic carbocycles. The van der Waals surface area contributed by atoms with E-state index in [2.05, 4.69) is 0 Å². The maximum atomic E-state index is 11.8. The maximum Gasteiger partial charge on any atom is 0.342 e. The largest absolute Gasteiger partial charge is 0.455 e. The van der Waals surface area contributed by atoms with Gasteiger partial charge in [0.25, 0.3) is 0 Å². The smallest absolute Gasteiger partial charge is 0.342 e. The molecular weight excluding hydrogens is 280 g/mol. The van der Waals surface area contributed by atoms with Crippen molar-refractivity contribution in [1.82, 2.24) is 0 Å². The standard InChI is InChI=1S/C18H16O4/c1-14(22-18(20)16-10-6-3-7-11-16)12-13-21-17(19)15-8-4-2-5-9-15/h2-14H,1H3. The van der Waals surface area contributed by atoms with Gasteiger partial charge in [-0.2, -0.15) is 0 Å². The molecule has 0 saturated carbocycles. The zero-order chi connectivity index (χ0) is 15.8. The Morgan fingerprint density at radius 3 is 1.91 bits per heavy atom. The number of rotatable bonds is 5. The fourth-order valence-electron chi connectivity index (χ4n) is 1.70. The van der Waals surface area contributed by atoms with Gasteiger partial charge in [0.1, 0.15) is 6.10 Å².